The van der Waals surface area contributed by atoms with Crippen LogP contribution in [0.25, 0.3) is 0 Å². The minimum Gasteiger partial charge on any atom is -0.389 e. The second-order valence-electron chi connectivity index (χ2n) is 6.51. The topological polar surface area (TPSA) is 37.3 Å². The van der Waals surface area contributed by atoms with Gasteiger partial charge >= 0.3 is 0 Å². The van der Waals surface area contributed by atoms with Crippen molar-refractivity contribution in [2.45, 2.75) is 44.1 Å². The molecule has 1 N–H and O–H groups in total. The van der Waals surface area contributed by atoms with Crippen LogP contribution in [0, 0.1) is 0 Å². The second-order valence-corrected chi connectivity index (χ2v) is 6.51. The van der Waals surface area contributed by atoms with Gasteiger partial charge in [0, 0.05) is 17.9 Å². The summed E-state index contributed by atoms with van der Waals surface area (Å²) < 4.78 is 0. The van der Waals surface area contributed by atoms with E-state index in [0.717, 1.165) is 42.4 Å². The van der Waals surface area contributed by atoms with E-state index in [0.29, 0.717) is 6.42 Å². The number of benzene rings is 2. The van der Waals surface area contributed by atoms with Crippen LogP contribution in [0.5, 0.6) is 0 Å². The van der Waals surface area contributed by atoms with Crippen molar-refractivity contribution in [2.24, 2.45) is 0 Å². The van der Waals surface area contributed by atoms with Crippen molar-refractivity contribution in [2.75, 3.05) is 0 Å². The van der Waals surface area contributed by atoms with E-state index < -0.39 is 0 Å². The minimum absolute atomic E-state index is 0.0154. The molecule has 24 heavy (non-hydrogen) atoms. The van der Waals surface area contributed by atoms with Gasteiger partial charge in [-0.2, -0.15) is 0 Å². The molecule has 0 radical (unpaired) electrons. The fraction of sp³-hybridized carbons (Fsp3) is 0.318. The van der Waals surface area contributed by atoms with Gasteiger partial charge in [-0.15, -0.1) is 0 Å². The average molecular weight is 320 g/mol. The summed E-state index contributed by atoms with van der Waals surface area (Å²) >= 11 is 0. The van der Waals surface area contributed by atoms with Crippen LogP contribution in [0.3, 0.4) is 0 Å². The van der Waals surface area contributed by atoms with Gasteiger partial charge in [-0.1, -0.05) is 73.2 Å². The largest absolute Gasteiger partial charge is 0.389 e. The highest BCUT2D eigenvalue weighted by Gasteiger charge is 2.20. The molecular weight excluding hydrogens is 296 g/mol. The Morgan fingerprint density at radius 1 is 1.04 bits per heavy atom. The summed E-state index contributed by atoms with van der Waals surface area (Å²) in [6.07, 6.45) is 6.19. The molecule has 1 fully saturated rings. The number of aliphatic hydroxyl groups excluding tert-OH is 1. The number of Topliss-reactive ketones (excluding diaryl/α,β-unsaturated/α-hetero) is 1. The predicted octanol–water partition coefficient (Wildman–Crippen LogP) is 4.90. The second kappa shape index (κ2) is 8.07. The van der Waals surface area contributed by atoms with Crippen LogP contribution in [0.4, 0.5) is 0 Å². The molecule has 2 heteroatoms. The van der Waals surface area contributed by atoms with Crippen molar-refractivity contribution in [3.05, 3.63) is 83.4 Å². The zero-order chi connectivity index (χ0) is 16.8. The first-order valence-corrected chi connectivity index (χ1v) is 8.76. The lowest BCUT2D eigenvalue weighted by Gasteiger charge is -2.23. The molecule has 0 amide bonds. The number of hydrogen-bond donors (Lipinski definition) is 1. The molecule has 2 atom stereocenters. The molecule has 2 unspecified atom stereocenters. The summed E-state index contributed by atoms with van der Waals surface area (Å²) in [7, 11) is 0. The molecule has 1 aliphatic rings. The van der Waals surface area contributed by atoms with Crippen LogP contribution in [-0.4, -0.2) is 17.0 Å². The lowest BCUT2D eigenvalue weighted by Crippen LogP contribution is -2.16. The minimum atomic E-state index is -0.350. The van der Waals surface area contributed by atoms with Gasteiger partial charge in [-0.05, 0) is 30.4 Å². The molecule has 0 saturated heterocycles. The lowest BCUT2D eigenvalue weighted by molar-refractivity contribution is 0.0977. The molecule has 2 aromatic rings. The third-order valence-corrected chi connectivity index (χ3v) is 4.77. The fourth-order valence-electron chi connectivity index (χ4n) is 3.39. The van der Waals surface area contributed by atoms with Crippen molar-refractivity contribution in [3.8, 4) is 0 Å². The Hall–Kier alpha value is -2.19. The third-order valence-electron chi connectivity index (χ3n) is 4.77. The van der Waals surface area contributed by atoms with Crippen LogP contribution < -0.4 is 0 Å². The maximum Gasteiger partial charge on any atom is 0.163 e. The first kappa shape index (κ1) is 16.7. The number of hydrogen-bond acceptors (Lipinski definition) is 2. The number of ketones is 1. The monoisotopic (exact) mass is 320 g/mol. The summed E-state index contributed by atoms with van der Waals surface area (Å²) in [5.74, 6) is 0.160. The number of carbonyl (C=O) groups excluding carboxylic acids is 1. The SMILES string of the molecule is O=C(CC(/C=C1\CCCCC1O)c1ccccc1)c1ccccc1. The highest BCUT2D eigenvalue weighted by Crippen LogP contribution is 2.30. The Morgan fingerprint density at radius 3 is 2.38 bits per heavy atom. The van der Waals surface area contributed by atoms with E-state index in [-0.39, 0.29) is 17.8 Å². The Bertz CT molecular complexity index is 688. The maximum atomic E-state index is 12.7. The maximum absolute atomic E-state index is 12.7. The van der Waals surface area contributed by atoms with Gasteiger partial charge in [0.1, 0.15) is 0 Å². The van der Waals surface area contributed by atoms with E-state index in [1.807, 2.05) is 48.5 Å². The van der Waals surface area contributed by atoms with E-state index in [2.05, 4.69) is 18.2 Å². The smallest absolute Gasteiger partial charge is 0.163 e. The highest BCUT2D eigenvalue weighted by atomic mass is 16.3. The Kier molecular flexibility index (Phi) is 5.60. The molecule has 0 aliphatic heterocycles. The Morgan fingerprint density at radius 2 is 1.71 bits per heavy atom. The first-order chi connectivity index (χ1) is 11.7. The first-order valence-electron chi connectivity index (χ1n) is 8.76. The quantitative estimate of drug-likeness (QED) is 0.628. The van der Waals surface area contributed by atoms with E-state index in [1.54, 1.807) is 0 Å². The summed E-state index contributed by atoms with van der Waals surface area (Å²) in [5, 5.41) is 10.3. The van der Waals surface area contributed by atoms with Crippen LogP contribution in [0.1, 0.15) is 53.9 Å². The van der Waals surface area contributed by atoms with Crippen LogP contribution >= 0.6 is 0 Å². The van der Waals surface area contributed by atoms with Gasteiger partial charge in [0.2, 0.25) is 0 Å². The molecule has 2 aromatic carbocycles. The number of rotatable bonds is 5. The van der Waals surface area contributed by atoms with Gasteiger partial charge in [0.25, 0.3) is 0 Å². The number of aliphatic hydroxyl groups is 1. The normalized spacial score (nSPS) is 20.7. The summed E-state index contributed by atoms with van der Waals surface area (Å²) in [4.78, 5) is 12.7. The van der Waals surface area contributed by atoms with E-state index in [1.165, 1.54) is 0 Å². The zero-order valence-corrected chi connectivity index (χ0v) is 13.9. The molecule has 1 aliphatic carbocycles. The van der Waals surface area contributed by atoms with E-state index >= 15 is 0 Å². The highest BCUT2D eigenvalue weighted by molar-refractivity contribution is 5.96. The number of allylic oxidation sites excluding steroid dienone is 1. The summed E-state index contributed by atoms with van der Waals surface area (Å²) in [6.45, 7) is 0. The molecule has 124 valence electrons. The molecule has 0 heterocycles. The zero-order valence-electron chi connectivity index (χ0n) is 13.9. The van der Waals surface area contributed by atoms with Crippen molar-refractivity contribution in [3.63, 3.8) is 0 Å². The molecule has 0 bridgehead atoms. The van der Waals surface area contributed by atoms with Crippen molar-refractivity contribution < 1.29 is 9.90 Å². The van der Waals surface area contributed by atoms with Gasteiger partial charge in [0.15, 0.2) is 5.78 Å². The van der Waals surface area contributed by atoms with E-state index in [9.17, 15) is 9.90 Å². The standard InChI is InChI=1S/C22H24O2/c23-21-14-8-7-13-19(21)15-20(17-9-3-1-4-10-17)16-22(24)18-11-5-2-6-12-18/h1-6,9-12,15,20-21,23H,7-8,13-14,16H2/b19-15+. The number of carbonyl (C=O) groups is 1. The third kappa shape index (κ3) is 4.21. The fourth-order valence-corrected chi connectivity index (χ4v) is 3.39. The van der Waals surface area contributed by atoms with Gasteiger partial charge in [-0.25, -0.2) is 0 Å². The summed E-state index contributed by atoms with van der Waals surface area (Å²) in [5.41, 5.74) is 2.98. The van der Waals surface area contributed by atoms with Gasteiger partial charge in [0.05, 0.1) is 6.10 Å². The predicted molar refractivity (Wildman–Crippen MR) is 97.1 cm³/mol. The molecule has 3 rings (SSSR count). The molecule has 0 aromatic heterocycles. The Balaban J connectivity index is 1.85. The lowest BCUT2D eigenvalue weighted by atomic mass is 9.85. The van der Waals surface area contributed by atoms with Crippen molar-refractivity contribution >= 4 is 5.78 Å². The Labute approximate surface area is 143 Å². The van der Waals surface area contributed by atoms with Crippen LogP contribution in [0.2, 0.25) is 0 Å². The van der Waals surface area contributed by atoms with Gasteiger partial charge < -0.3 is 5.11 Å². The van der Waals surface area contributed by atoms with Crippen molar-refractivity contribution in [1.29, 1.82) is 0 Å². The van der Waals surface area contributed by atoms with Crippen LogP contribution in [-0.2, 0) is 0 Å². The van der Waals surface area contributed by atoms with Crippen molar-refractivity contribution in [1.82, 2.24) is 0 Å². The van der Waals surface area contributed by atoms with E-state index in [4.69, 9.17) is 0 Å². The molecular formula is C22H24O2. The molecule has 1 saturated carbocycles. The average Bonchev–Trinajstić information content (AvgIpc) is 2.64. The van der Waals surface area contributed by atoms with Gasteiger partial charge in [-0.3, -0.25) is 4.79 Å². The summed E-state index contributed by atoms with van der Waals surface area (Å²) in [6, 6.07) is 19.6. The van der Waals surface area contributed by atoms with Crippen LogP contribution in [0.15, 0.2) is 72.3 Å². The molecule has 0 spiro atoms. The molecule has 2 nitrogen and oxygen atoms in total.